The van der Waals surface area contributed by atoms with Gasteiger partial charge in [0.15, 0.2) is 0 Å². The first-order valence-electron chi connectivity index (χ1n) is 5.71. The molecule has 0 saturated carbocycles. The summed E-state index contributed by atoms with van der Waals surface area (Å²) in [5.41, 5.74) is 0. The molecule has 0 atom stereocenters. The van der Waals surface area contributed by atoms with Gasteiger partial charge in [0.2, 0.25) is 0 Å². The summed E-state index contributed by atoms with van der Waals surface area (Å²) in [6, 6.07) is 1.40. The van der Waals surface area contributed by atoms with Crippen LogP contribution in [-0.2, 0) is 0 Å². The first-order chi connectivity index (χ1) is 8.68. The van der Waals surface area contributed by atoms with E-state index in [0.717, 1.165) is 30.8 Å². The van der Waals surface area contributed by atoms with Crippen molar-refractivity contribution in [2.24, 2.45) is 0 Å². The minimum absolute atomic E-state index is 0. The second-order valence-corrected chi connectivity index (χ2v) is 4.80. The summed E-state index contributed by atoms with van der Waals surface area (Å²) in [4.78, 5) is 14.1. The molecule has 1 aromatic rings. The molecule has 0 aromatic carbocycles. The molecule has 1 N–H and O–H groups in total. The molecule has 2 heterocycles. The number of alkyl halides is 2. The normalized spacial score (nSPS) is 15.8. The lowest BCUT2D eigenvalue weighted by Crippen LogP contribution is -2.34. The number of thiophene rings is 1. The third-order valence-electron chi connectivity index (χ3n) is 2.67. The Kier molecular flexibility index (Phi) is 6.47. The standard InChI is InChI=1S/C11H14F2N2O2S.ClH/c12-11(13)17-8-2-7-18-9(8)10(16)15-5-1-3-14-4-6-15;/h2,7,11,14H,1,3-6H2;1H. The van der Waals surface area contributed by atoms with Crippen LogP contribution in [0.15, 0.2) is 11.4 Å². The van der Waals surface area contributed by atoms with Gasteiger partial charge in [0.25, 0.3) is 5.91 Å². The first kappa shape index (κ1) is 16.1. The largest absolute Gasteiger partial charge is 0.433 e. The summed E-state index contributed by atoms with van der Waals surface area (Å²) in [5, 5.41) is 4.77. The van der Waals surface area contributed by atoms with Crippen molar-refractivity contribution in [3.05, 3.63) is 16.3 Å². The second kappa shape index (κ2) is 7.62. The SMILES string of the molecule is Cl.O=C(c1sccc1OC(F)F)N1CCCNCC1. The van der Waals surface area contributed by atoms with E-state index < -0.39 is 6.61 Å². The highest BCUT2D eigenvalue weighted by atomic mass is 35.5. The number of carbonyl (C=O) groups excluding carboxylic acids is 1. The Morgan fingerprint density at radius 2 is 2.21 bits per heavy atom. The molecule has 19 heavy (non-hydrogen) atoms. The molecule has 1 aliphatic heterocycles. The van der Waals surface area contributed by atoms with E-state index in [4.69, 9.17) is 0 Å². The maximum Gasteiger partial charge on any atom is 0.387 e. The van der Waals surface area contributed by atoms with Crippen LogP contribution in [0.2, 0.25) is 0 Å². The van der Waals surface area contributed by atoms with Crippen LogP contribution in [0.3, 0.4) is 0 Å². The fraction of sp³-hybridized carbons (Fsp3) is 0.545. The average Bonchev–Trinajstić information content (AvgIpc) is 2.63. The van der Waals surface area contributed by atoms with Gasteiger partial charge in [-0.1, -0.05) is 0 Å². The summed E-state index contributed by atoms with van der Waals surface area (Å²) >= 11 is 1.13. The Hall–Kier alpha value is -0.920. The predicted molar refractivity (Wildman–Crippen MR) is 71.6 cm³/mol. The van der Waals surface area contributed by atoms with Crippen molar-refractivity contribution in [1.29, 1.82) is 0 Å². The minimum Gasteiger partial charge on any atom is -0.433 e. The summed E-state index contributed by atoms with van der Waals surface area (Å²) in [5.74, 6) is -0.262. The van der Waals surface area contributed by atoms with Crippen LogP contribution < -0.4 is 10.1 Å². The lowest BCUT2D eigenvalue weighted by molar-refractivity contribution is -0.0499. The van der Waals surface area contributed by atoms with Crippen molar-refractivity contribution in [2.45, 2.75) is 13.0 Å². The number of rotatable bonds is 3. The molecule has 2 rings (SSSR count). The van der Waals surface area contributed by atoms with Crippen molar-refractivity contribution < 1.29 is 18.3 Å². The zero-order chi connectivity index (χ0) is 13.0. The quantitative estimate of drug-likeness (QED) is 0.930. The molecule has 0 aliphatic carbocycles. The number of amides is 1. The highest BCUT2D eigenvalue weighted by Gasteiger charge is 2.23. The zero-order valence-corrected chi connectivity index (χ0v) is 11.7. The van der Waals surface area contributed by atoms with Gasteiger partial charge >= 0.3 is 6.61 Å². The number of carbonyl (C=O) groups is 1. The fourth-order valence-corrected chi connectivity index (χ4v) is 2.62. The maximum absolute atomic E-state index is 12.2. The molecule has 1 fully saturated rings. The number of ether oxygens (including phenoxy) is 1. The molecule has 0 unspecified atom stereocenters. The number of nitrogens with one attached hydrogen (secondary N) is 1. The Balaban J connectivity index is 0.00000180. The van der Waals surface area contributed by atoms with Crippen molar-refractivity contribution >= 4 is 29.7 Å². The summed E-state index contributed by atoms with van der Waals surface area (Å²) in [6.45, 7) is -0.0867. The molecule has 0 radical (unpaired) electrons. The molecular weight excluding hydrogens is 298 g/mol. The molecular formula is C11H15ClF2N2O2S. The molecule has 108 valence electrons. The van der Waals surface area contributed by atoms with Crippen LogP contribution in [0.1, 0.15) is 16.1 Å². The molecule has 4 nitrogen and oxygen atoms in total. The van der Waals surface area contributed by atoms with Gasteiger partial charge in [-0.15, -0.1) is 23.7 Å². The predicted octanol–water partition coefficient (Wildman–Crippen LogP) is 2.21. The van der Waals surface area contributed by atoms with Crippen molar-refractivity contribution in [3.8, 4) is 5.75 Å². The summed E-state index contributed by atoms with van der Waals surface area (Å²) in [7, 11) is 0. The van der Waals surface area contributed by atoms with Gasteiger partial charge in [0.05, 0.1) is 0 Å². The Labute approximate surface area is 120 Å². The maximum atomic E-state index is 12.2. The Morgan fingerprint density at radius 1 is 1.42 bits per heavy atom. The molecule has 8 heteroatoms. The molecule has 1 aliphatic rings. The second-order valence-electron chi connectivity index (χ2n) is 3.89. The van der Waals surface area contributed by atoms with Crippen LogP contribution in [0, 0.1) is 0 Å². The van der Waals surface area contributed by atoms with Crippen molar-refractivity contribution in [2.75, 3.05) is 26.2 Å². The monoisotopic (exact) mass is 312 g/mol. The lowest BCUT2D eigenvalue weighted by Gasteiger charge is -2.19. The van der Waals surface area contributed by atoms with Crippen LogP contribution >= 0.6 is 23.7 Å². The van der Waals surface area contributed by atoms with E-state index in [9.17, 15) is 13.6 Å². The van der Waals surface area contributed by atoms with Crippen LogP contribution in [0.5, 0.6) is 5.75 Å². The third-order valence-corrected chi connectivity index (χ3v) is 3.55. The fourth-order valence-electron chi connectivity index (χ4n) is 1.83. The lowest BCUT2D eigenvalue weighted by atomic mass is 10.3. The summed E-state index contributed by atoms with van der Waals surface area (Å²) in [6.07, 6.45) is 0.863. The van der Waals surface area contributed by atoms with E-state index in [1.54, 1.807) is 10.3 Å². The molecule has 1 saturated heterocycles. The highest BCUT2D eigenvalue weighted by Crippen LogP contribution is 2.27. The van der Waals surface area contributed by atoms with E-state index in [2.05, 4.69) is 10.1 Å². The van der Waals surface area contributed by atoms with Crippen LogP contribution in [0.4, 0.5) is 8.78 Å². The molecule has 1 amide bonds. The van der Waals surface area contributed by atoms with Gasteiger partial charge in [-0.2, -0.15) is 8.78 Å². The smallest absolute Gasteiger partial charge is 0.387 e. The van der Waals surface area contributed by atoms with Gasteiger partial charge < -0.3 is 15.0 Å². The topological polar surface area (TPSA) is 41.6 Å². The van der Waals surface area contributed by atoms with Crippen LogP contribution in [0.25, 0.3) is 0 Å². The van der Waals surface area contributed by atoms with E-state index in [1.165, 1.54) is 6.07 Å². The van der Waals surface area contributed by atoms with Gasteiger partial charge in [-0.3, -0.25) is 4.79 Å². The Bertz CT molecular complexity index is 409. The number of hydrogen-bond donors (Lipinski definition) is 1. The van der Waals surface area contributed by atoms with Crippen molar-refractivity contribution in [3.63, 3.8) is 0 Å². The minimum atomic E-state index is -2.91. The molecule has 1 aromatic heterocycles. The van der Waals surface area contributed by atoms with Gasteiger partial charge in [0, 0.05) is 19.6 Å². The molecule has 0 bridgehead atoms. The zero-order valence-electron chi connectivity index (χ0n) is 10.1. The number of hydrogen-bond acceptors (Lipinski definition) is 4. The van der Waals surface area contributed by atoms with E-state index in [1.807, 2.05) is 0 Å². The third kappa shape index (κ3) is 4.29. The average molecular weight is 313 g/mol. The van der Waals surface area contributed by atoms with Gasteiger partial charge in [-0.25, -0.2) is 0 Å². The Morgan fingerprint density at radius 3 is 2.95 bits per heavy atom. The summed E-state index contributed by atoms with van der Waals surface area (Å²) < 4.78 is 28.7. The number of halogens is 3. The van der Waals surface area contributed by atoms with E-state index >= 15 is 0 Å². The van der Waals surface area contributed by atoms with Crippen molar-refractivity contribution in [1.82, 2.24) is 10.2 Å². The van der Waals surface area contributed by atoms with Gasteiger partial charge in [0.1, 0.15) is 10.6 Å². The first-order valence-corrected chi connectivity index (χ1v) is 6.59. The molecule has 0 spiro atoms. The highest BCUT2D eigenvalue weighted by molar-refractivity contribution is 7.12. The van der Waals surface area contributed by atoms with E-state index in [-0.39, 0.29) is 28.9 Å². The van der Waals surface area contributed by atoms with E-state index in [0.29, 0.717) is 13.1 Å². The van der Waals surface area contributed by atoms with Gasteiger partial charge in [-0.05, 0) is 24.4 Å². The van der Waals surface area contributed by atoms with Crippen LogP contribution in [-0.4, -0.2) is 43.6 Å². The number of nitrogens with zero attached hydrogens (tertiary/aromatic N) is 1.